The van der Waals surface area contributed by atoms with E-state index in [0.717, 1.165) is 25.1 Å². The lowest BCUT2D eigenvalue weighted by atomic mass is 10.0. The van der Waals surface area contributed by atoms with Gasteiger partial charge >= 0.3 is 0 Å². The van der Waals surface area contributed by atoms with Gasteiger partial charge in [-0.15, -0.1) is 0 Å². The van der Waals surface area contributed by atoms with E-state index in [1.54, 1.807) is 0 Å². The molecule has 0 saturated heterocycles. The van der Waals surface area contributed by atoms with Crippen molar-refractivity contribution in [2.75, 3.05) is 18.4 Å². The van der Waals surface area contributed by atoms with E-state index in [1.165, 1.54) is 12.0 Å². The molecule has 2 N–H and O–H groups in total. The molecule has 1 aliphatic rings. The molecule has 0 aliphatic carbocycles. The van der Waals surface area contributed by atoms with Crippen molar-refractivity contribution in [2.24, 2.45) is 0 Å². The molecule has 1 aromatic carbocycles. The molecule has 104 valence electrons. The lowest BCUT2D eigenvalue weighted by Gasteiger charge is -2.18. The van der Waals surface area contributed by atoms with Gasteiger partial charge in [0.05, 0.1) is 0 Å². The van der Waals surface area contributed by atoms with Gasteiger partial charge in [-0.2, -0.15) is 4.98 Å². The normalized spacial score (nSPS) is 13.4. The molecule has 20 heavy (non-hydrogen) atoms. The fraction of sp³-hybridized carbons (Fsp3) is 0.357. The van der Waals surface area contributed by atoms with Crippen LogP contribution in [0.25, 0.3) is 0 Å². The summed E-state index contributed by atoms with van der Waals surface area (Å²) in [6.45, 7) is 1.50. The highest BCUT2D eigenvalue weighted by atomic mass is 16.5. The topological polar surface area (TPSA) is 80.1 Å². The number of benzene rings is 1. The van der Waals surface area contributed by atoms with Crippen LogP contribution in [0.2, 0.25) is 0 Å². The van der Waals surface area contributed by atoms with Crippen molar-refractivity contribution < 1.29 is 9.32 Å². The maximum Gasteiger partial charge on any atom is 0.251 e. The molecule has 1 aromatic heterocycles. The number of carbonyl (C=O) groups excluding carboxylic acids is 1. The Morgan fingerprint density at radius 1 is 1.45 bits per heavy atom. The summed E-state index contributed by atoms with van der Waals surface area (Å²) < 4.78 is 4.64. The number of aryl methyl sites for hydroxylation is 1. The van der Waals surface area contributed by atoms with Gasteiger partial charge in [-0.1, -0.05) is 5.16 Å². The van der Waals surface area contributed by atoms with Gasteiger partial charge in [-0.25, -0.2) is 0 Å². The Kier molecular flexibility index (Phi) is 3.62. The molecular weight excluding hydrogens is 256 g/mol. The number of hydrogen-bond donors (Lipinski definition) is 2. The van der Waals surface area contributed by atoms with Gasteiger partial charge in [0.2, 0.25) is 6.39 Å². The van der Waals surface area contributed by atoms with Crippen molar-refractivity contribution in [3.8, 4) is 0 Å². The summed E-state index contributed by atoms with van der Waals surface area (Å²) in [6.07, 6.45) is 3.98. The number of aromatic nitrogens is 2. The Bertz CT molecular complexity index is 595. The van der Waals surface area contributed by atoms with Gasteiger partial charge in [-0.3, -0.25) is 4.79 Å². The Morgan fingerprint density at radius 3 is 3.25 bits per heavy atom. The minimum atomic E-state index is -0.0677. The second-order valence-electron chi connectivity index (χ2n) is 4.76. The summed E-state index contributed by atoms with van der Waals surface area (Å²) in [7, 11) is 0. The molecule has 0 radical (unpaired) electrons. The van der Waals surface area contributed by atoms with Crippen LogP contribution in [0.3, 0.4) is 0 Å². The lowest BCUT2D eigenvalue weighted by molar-refractivity contribution is 0.0954. The second kappa shape index (κ2) is 5.73. The zero-order chi connectivity index (χ0) is 13.8. The van der Waals surface area contributed by atoms with E-state index >= 15 is 0 Å². The first-order chi connectivity index (χ1) is 9.83. The van der Waals surface area contributed by atoms with Gasteiger partial charge in [0, 0.05) is 30.8 Å². The van der Waals surface area contributed by atoms with E-state index in [9.17, 15) is 4.79 Å². The zero-order valence-corrected chi connectivity index (χ0v) is 11.1. The molecule has 6 nitrogen and oxygen atoms in total. The first kappa shape index (κ1) is 12.7. The number of fused-ring (bicyclic) bond motifs is 1. The molecular formula is C14H16N4O2. The molecule has 0 atom stereocenters. The van der Waals surface area contributed by atoms with E-state index in [1.807, 2.05) is 18.2 Å². The van der Waals surface area contributed by atoms with Crippen molar-refractivity contribution >= 4 is 11.6 Å². The van der Waals surface area contributed by atoms with Crippen LogP contribution in [0.1, 0.15) is 28.2 Å². The van der Waals surface area contributed by atoms with E-state index in [2.05, 4.69) is 25.3 Å². The molecule has 0 bridgehead atoms. The van der Waals surface area contributed by atoms with Crippen LogP contribution >= 0.6 is 0 Å². The van der Waals surface area contributed by atoms with Gasteiger partial charge in [0.1, 0.15) is 0 Å². The molecule has 1 aliphatic heterocycles. The number of anilines is 1. The quantitative estimate of drug-likeness (QED) is 0.879. The molecule has 0 unspecified atom stereocenters. The van der Waals surface area contributed by atoms with E-state index < -0.39 is 0 Å². The van der Waals surface area contributed by atoms with E-state index in [4.69, 9.17) is 0 Å². The van der Waals surface area contributed by atoms with E-state index in [0.29, 0.717) is 24.4 Å². The van der Waals surface area contributed by atoms with Crippen LogP contribution in [-0.4, -0.2) is 29.1 Å². The third-order valence-electron chi connectivity index (χ3n) is 3.35. The fourth-order valence-corrected chi connectivity index (χ4v) is 2.31. The predicted octanol–water partition coefficient (Wildman–Crippen LogP) is 1.40. The van der Waals surface area contributed by atoms with Crippen molar-refractivity contribution in [3.05, 3.63) is 41.5 Å². The Balaban J connectivity index is 1.59. The number of hydrogen-bond acceptors (Lipinski definition) is 5. The highest BCUT2D eigenvalue weighted by Crippen LogP contribution is 2.22. The smallest absolute Gasteiger partial charge is 0.251 e. The molecule has 0 spiro atoms. The molecule has 6 heteroatoms. The number of carbonyl (C=O) groups is 1. The number of nitrogens with one attached hydrogen (secondary N) is 2. The molecule has 2 aromatic rings. The van der Waals surface area contributed by atoms with Gasteiger partial charge in [0.15, 0.2) is 5.82 Å². The van der Waals surface area contributed by atoms with Gasteiger partial charge in [0.25, 0.3) is 5.91 Å². The van der Waals surface area contributed by atoms with Gasteiger partial charge < -0.3 is 15.2 Å². The van der Waals surface area contributed by atoms with Crippen LogP contribution in [0.15, 0.2) is 29.1 Å². The lowest BCUT2D eigenvalue weighted by Crippen LogP contribution is -2.26. The third-order valence-corrected chi connectivity index (χ3v) is 3.35. The van der Waals surface area contributed by atoms with Crippen molar-refractivity contribution in [2.45, 2.75) is 19.3 Å². The molecule has 0 fully saturated rings. The Morgan fingerprint density at radius 2 is 2.40 bits per heavy atom. The summed E-state index contributed by atoms with van der Waals surface area (Å²) in [5, 5.41) is 9.89. The summed E-state index contributed by atoms with van der Waals surface area (Å²) in [5.41, 5.74) is 3.04. The Hall–Kier alpha value is -2.37. The van der Waals surface area contributed by atoms with Crippen LogP contribution in [0.5, 0.6) is 0 Å². The van der Waals surface area contributed by atoms with Gasteiger partial charge in [-0.05, 0) is 36.6 Å². The summed E-state index contributed by atoms with van der Waals surface area (Å²) >= 11 is 0. The standard InChI is InChI=1S/C14H16N4O2/c19-14(16-7-5-13-17-9-20-18-13)11-3-4-12-10(8-11)2-1-6-15-12/h3-4,8-9,15H,1-2,5-7H2,(H,16,19). The SMILES string of the molecule is O=C(NCCc1ncon1)c1ccc2c(c1)CCCN2. The highest BCUT2D eigenvalue weighted by Gasteiger charge is 2.12. The average Bonchev–Trinajstić information content (AvgIpc) is 3.00. The van der Waals surface area contributed by atoms with Crippen LogP contribution < -0.4 is 10.6 Å². The highest BCUT2D eigenvalue weighted by molar-refractivity contribution is 5.94. The largest absolute Gasteiger partial charge is 0.385 e. The molecule has 3 rings (SSSR count). The molecule has 0 saturated carbocycles. The molecule has 2 heterocycles. The predicted molar refractivity (Wildman–Crippen MR) is 73.6 cm³/mol. The maximum atomic E-state index is 12.1. The number of amides is 1. The monoisotopic (exact) mass is 272 g/mol. The van der Waals surface area contributed by atoms with Crippen molar-refractivity contribution in [1.29, 1.82) is 0 Å². The fourth-order valence-electron chi connectivity index (χ4n) is 2.31. The molecule has 1 amide bonds. The third kappa shape index (κ3) is 2.79. The van der Waals surface area contributed by atoms with Crippen LogP contribution in [0.4, 0.5) is 5.69 Å². The summed E-state index contributed by atoms with van der Waals surface area (Å²) in [5.74, 6) is 0.529. The van der Waals surface area contributed by atoms with Crippen LogP contribution in [0, 0.1) is 0 Å². The van der Waals surface area contributed by atoms with E-state index in [-0.39, 0.29) is 5.91 Å². The average molecular weight is 272 g/mol. The maximum absolute atomic E-state index is 12.1. The minimum absolute atomic E-state index is 0.0677. The summed E-state index contributed by atoms with van der Waals surface area (Å²) in [6, 6.07) is 5.79. The first-order valence-electron chi connectivity index (χ1n) is 6.73. The second-order valence-corrected chi connectivity index (χ2v) is 4.76. The van der Waals surface area contributed by atoms with Crippen molar-refractivity contribution in [3.63, 3.8) is 0 Å². The van der Waals surface area contributed by atoms with Crippen molar-refractivity contribution in [1.82, 2.24) is 15.5 Å². The summed E-state index contributed by atoms with van der Waals surface area (Å²) in [4.78, 5) is 16.0. The minimum Gasteiger partial charge on any atom is -0.385 e. The first-order valence-corrected chi connectivity index (χ1v) is 6.73. The number of nitrogens with zero attached hydrogens (tertiary/aromatic N) is 2. The number of rotatable bonds is 4. The van der Waals surface area contributed by atoms with Crippen LogP contribution in [-0.2, 0) is 12.8 Å². The zero-order valence-electron chi connectivity index (χ0n) is 11.1. The Labute approximate surface area is 116 Å².